The number of hydrogen-bond acceptors (Lipinski definition) is 6. The van der Waals surface area contributed by atoms with Gasteiger partial charge in [0.15, 0.2) is 11.4 Å². The Morgan fingerprint density at radius 2 is 2.13 bits per heavy atom. The number of Topliss-reactive ketones (excluding diaryl/α,β-unsaturated/α-hetero) is 1. The predicted molar refractivity (Wildman–Crippen MR) is 83.4 cm³/mol. The van der Waals surface area contributed by atoms with Gasteiger partial charge in [-0.1, -0.05) is 13.3 Å². The number of carbonyl (C=O) groups is 1. The molecular weight excluding hydrogens is 300 g/mol. The minimum atomic E-state index is -0.541. The van der Waals surface area contributed by atoms with Crippen LogP contribution in [0, 0.1) is 0 Å². The molecule has 23 heavy (non-hydrogen) atoms. The van der Waals surface area contributed by atoms with Gasteiger partial charge in [-0.05, 0) is 12.0 Å². The van der Waals surface area contributed by atoms with Crippen molar-refractivity contribution >= 4 is 16.8 Å². The van der Waals surface area contributed by atoms with Gasteiger partial charge >= 0.3 is 5.63 Å². The van der Waals surface area contributed by atoms with Crippen molar-refractivity contribution < 1.29 is 23.8 Å². The Bertz CT molecular complexity index is 820. The SMILES string of the molecule is CCCc1cc(=O)oc2c3c(cc(O)c12)OC(COC)CC3=O. The number of aromatic hydroxyl groups is 1. The van der Waals surface area contributed by atoms with Crippen molar-refractivity contribution in [3.8, 4) is 11.5 Å². The highest BCUT2D eigenvalue weighted by molar-refractivity contribution is 6.11. The molecule has 1 aromatic heterocycles. The van der Waals surface area contributed by atoms with Crippen molar-refractivity contribution in [1.82, 2.24) is 0 Å². The van der Waals surface area contributed by atoms with Gasteiger partial charge in [-0.2, -0.15) is 0 Å². The summed E-state index contributed by atoms with van der Waals surface area (Å²) in [4.78, 5) is 24.3. The Kier molecular flexibility index (Phi) is 4.09. The minimum Gasteiger partial charge on any atom is -0.507 e. The van der Waals surface area contributed by atoms with Gasteiger partial charge in [0.05, 0.1) is 18.4 Å². The van der Waals surface area contributed by atoms with Crippen LogP contribution in [0.2, 0.25) is 0 Å². The molecule has 1 aliphatic heterocycles. The zero-order valence-electron chi connectivity index (χ0n) is 13.0. The Morgan fingerprint density at radius 3 is 2.83 bits per heavy atom. The number of benzene rings is 1. The maximum Gasteiger partial charge on any atom is 0.336 e. The third kappa shape index (κ3) is 2.70. The lowest BCUT2D eigenvalue weighted by Crippen LogP contribution is -2.31. The standard InChI is InChI=1S/C17H18O6/c1-3-4-9-5-14(20)23-17-15(9)12(19)7-13-16(17)11(18)6-10(22-13)8-21-2/h5,7,10,19H,3-4,6,8H2,1-2H3. The van der Waals surface area contributed by atoms with Crippen LogP contribution in [-0.4, -0.2) is 30.7 Å². The number of ketones is 1. The van der Waals surface area contributed by atoms with E-state index in [0.717, 1.165) is 6.42 Å². The third-order valence-electron chi connectivity index (χ3n) is 3.90. The van der Waals surface area contributed by atoms with Gasteiger partial charge in [0.2, 0.25) is 0 Å². The number of aryl methyl sites for hydroxylation is 1. The first-order valence-electron chi connectivity index (χ1n) is 7.56. The average molecular weight is 318 g/mol. The normalized spacial score (nSPS) is 17.1. The van der Waals surface area contributed by atoms with Gasteiger partial charge in [-0.25, -0.2) is 4.79 Å². The van der Waals surface area contributed by atoms with Crippen molar-refractivity contribution in [3.05, 3.63) is 33.7 Å². The van der Waals surface area contributed by atoms with E-state index in [-0.39, 0.29) is 41.5 Å². The molecule has 2 heterocycles. The molecular formula is C17H18O6. The molecule has 1 aromatic carbocycles. The van der Waals surface area contributed by atoms with Crippen LogP contribution in [0.25, 0.3) is 11.0 Å². The molecule has 0 amide bonds. The van der Waals surface area contributed by atoms with Crippen molar-refractivity contribution in [2.75, 3.05) is 13.7 Å². The van der Waals surface area contributed by atoms with E-state index >= 15 is 0 Å². The van der Waals surface area contributed by atoms with Crippen LogP contribution < -0.4 is 10.4 Å². The number of ether oxygens (including phenoxy) is 2. The molecule has 2 aromatic rings. The van der Waals surface area contributed by atoms with Gasteiger partial charge in [0, 0.05) is 19.2 Å². The summed E-state index contributed by atoms with van der Waals surface area (Å²) in [7, 11) is 1.53. The van der Waals surface area contributed by atoms with Crippen LogP contribution >= 0.6 is 0 Å². The second-order valence-electron chi connectivity index (χ2n) is 5.64. The highest BCUT2D eigenvalue weighted by Gasteiger charge is 2.31. The van der Waals surface area contributed by atoms with Crippen molar-refractivity contribution in [1.29, 1.82) is 0 Å². The van der Waals surface area contributed by atoms with E-state index in [4.69, 9.17) is 13.9 Å². The summed E-state index contributed by atoms with van der Waals surface area (Å²) in [5.41, 5.74) is 0.462. The average Bonchev–Trinajstić information content (AvgIpc) is 2.46. The van der Waals surface area contributed by atoms with E-state index in [1.54, 1.807) is 0 Å². The number of phenols is 1. The fourth-order valence-corrected chi connectivity index (χ4v) is 3.01. The van der Waals surface area contributed by atoms with Crippen LogP contribution in [0.1, 0.15) is 35.7 Å². The Balaban J connectivity index is 2.26. The largest absolute Gasteiger partial charge is 0.507 e. The highest BCUT2D eigenvalue weighted by Crippen LogP contribution is 2.40. The minimum absolute atomic E-state index is 0.0585. The van der Waals surface area contributed by atoms with E-state index < -0.39 is 11.7 Å². The maximum atomic E-state index is 12.5. The second-order valence-corrected chi connectivity index (χ2v) is 5.64. The molecule has 122 valence electrons. The van der Waals surface area contributed by atoms with Crippen molar-refractivity contribution in [2.45, 2.75) is 32.3 Å². The van der Waals surface area contributed by atoms with Gasteiger partial charge in [0.25, 0.3) is 0 Å². The molecule has 0 aliphatic carbocycles. The number of hydrogen-bond donors (Lipinski definition) is 1. The van der Waals surface area contributed by atoms with E-state index in [9.17, 15) is 14.7 Å². The molecule has 0 radical (unpaired) electrons. The number of fused-ring (bicyclic) bond motifs is 3. The molecule has 0 bridgehead atoms. The summed E-state index contributed by atoms with van der Waals surface area (Å²) in [6.45, 7) is 2.24. The van der Waals surface area contributed by atoms with E-state index in [1.165, 1.54) is 19.2 Å². The van der Waals surface area contributed by atoms with Gasteiger partial charge in [0.1, 0.15) is 23.2 Å². The number of methoxy groups -OCH3 is 1. The molecule has 1 N–H and O–H groups in total. The van der Waals surface area contributed by atoms with Crippen LogP contribution in [0.5, 0.6) is 11.5 Å². The number of rotatable bonds is 4. The Morgan fingerprint density at radius 1 is 1.35 bits per heavy atom. The summed E-state index contributed by atoms with van der Waals surface area (Å²) < 4.78 is 16.0. The first-order valence-corrected chi connectivity index (χ1v) is 7.56. The third-order valence-corrected chi connectivity index (χ3v) is 3.90. The quantitative estimate of drug-likeness (QED) is 0.871. The molecule has 0 saturated carbocycles. The van der Waals surface area contributed by atoms with Crippen LogP contribution in [-0.2, 0) is 11.2 Å². The Labute approximate surface area is 132 Å². The van der Waals surface area contributed by atoms with E-state index in [2.05, 4.69) is 0 Å². The van der Waals surface area contributed by atoms with Gasteiger partial charge < -0.3 is 19.0 Å². The van der Waals surface area contributed by atoms with Crippen LogP contribution in [0.3, 0.4) is 0 Å². The summed E-state index contributed by atoms with van der Waals surface area (Å²) in [6, 6.07) is 2.77. The van der Waals surface area contributed by atoms with Crippen molar-refractivity contribution in [3.63, 3.8) is 0 Å². The van der Waals surface area contributed by atoms with Gasteiger partial charge in [-0.15, -0.1) is 0 Å². The van der Waals surface area contributed by atoms with Crippen molar-refractivity contribution in [2.24, 2.45) is 0 Å². The zero-order valence-corrected chi connectivity index (χ0v) is 13.0. The van der Waals surface area contributed by atoms with Crippen LogP contribution in [0.4, 0.5) is 0 Å². The lowest BCUT2D eigenvalue weighted by atomic mass is 9.95. The summed E-state index contributed by atoms with van der Waals surface area (Å²) >= 11 is 0. The predicted octanol–water partition coefficient (Wildman–Crippen LogP) is 2.43. The molecule has 1 unspecified atom stereocenters. The molecule has 1 atom stereocenters. The number of carbonyl (C=O) groups excluding carboxylic acids is 1. The smallest absolute Gasteiger partial charge is 0.336 e. The fourth-order valence-electron chi connectivity index (χ4n) is 3.01. The molecule has 6 heteroatoms. The topological polar surface area (TPSA) is 86.0 Å². The Hall–Kier alpha value is -2.34. The molecule has 1 aliphatic rings. The molecule has 0 saturated heterocycles. The monoisotopic (exact) mass is 318 g/mol. The molecule has 3 rings (SSSR count). The van der Waals surface area contributed by atoms with E-state index in [0.29, 0.717) is 17.4 Å². The zero-order chi connectivity index (χ0) is 16.6. The highest BCUT2D eigenvalue weighted by atomic mass is 16.5. The molecule has 6 nitrogen and oxygen atoms in total. The second kappa shape index (κ2) is 6.04. The summed E-state index contributed by atoms with van der Waals surface area (Å²) in [5, 5.41) is 10.8. The summed E-state index contributed by atoms with van der Waals surface area (Å²) in [5.74, 6) is -0.0167. The van der Waals surface area contributed by atoms with Gasteiger partial charge in [-0.3, -0.25) is 4.79 Å². The summed E-state index contributed by atoms with van der Waals surface area (Å²) in [6.07, 6.45) is 1.13. The first-order chi connectivity index (χ1) is 11.0. The maximum absolute atomic E-state index is 12.5. The molecule has 0 spiro atoms. The molecule has 0 fully saturated rings. The first kappa shape index (κ1) is 15.6. The fraction of sp³-hybridized carbons (Fsp3) is 0.412. The van der Waals surface area contributed by atoms with E-state index in [1.807, 2.05) is 6.92 Å². The lowest BCUT2D eigenvalue weighted by molar-refractivity contribution is 0.0570. The van der Waals surface area contributed by atoms with Crippen LogP contribution in [0.15, 0.2) is 21.3 Å². The lowest BCUT2D eigenvalue weighted by Gasteiger charge is -2.25. The number of phenolic OH excluding ortho intramolecular Hbond substituents is 1.